The molecule has 3 heterocycles. The van der Waals surface area contributed by atoms with Gasteiger partial charge in [0.05, 0.1) is 11.7 Å². The van der Waals surface area contributed by atoms with E-state index in [4.69, 9.17) is 0 Å². The van der Waals surface area contributed by atoms with E-state index < -0.39 is 0 Å². The van der Waals surface area contributed by atoms with E-state index in [1.165, 1.54) is 31.4 Å². The summed E-state index contributed by atoms with van der Waals surface area (Å²) in [5.41, 5.74) is 1.33. The molecular weight excluding hydrogens is 224 g/mol. The molecule has 18 heavy (non-hydrogen) atoms. The summed E-state index contributed by atoms with van der Waals surface area (Å²) in [5, 5.41) is 7.83. The van der Waals surface area contributed by atoms with Crippen LogP contribution < -0.4 is 5.32 Å². The van der Waals surface area contributed by atoms with Gasteiger partial charge in [0.25, 0.3) is 0 Å². The smallest absolute Gasteiger partial charge is 0.0553 e. The lowest BCUT2D eigenvalue weighted by Gasteiger charge is -2.39. The fourth-order valence-electron chi connectivity index (χ4n) is 4.04. The van der Waals surface area contributed by atoms with Crippen molar-refractivity contribution >= 4 is 0 Å². The fraction of sp³-hybridized carbons (Fsp3) is 0.786. The molecule has 2 saturated heterocycles. The molecule has 0 amide bonds. The molecule has 1 aromatic rings. The number of rotatable bonds is 3. The first-order chi connectivity index (χ1) is 8.70. The molecule has 1 aromatic heterocycles. The number of fused-ring (bicyclic) bond motifs is 2. The van der Waals surface area contributed by atoms with Gasteiger partial charge in [0.2, 0.25) is 0 Å². The third kappa shape index (κ3) is 1.88. The van der Waals surface area contributed by atoms with Crippen molar-refractivity contribution < 1.29 is 0 Å². The maximum atomic E-state index is 4.32. The summed E-state index contributed by atoms with van der Waals surface area (Å²) in [4.78, 5) is 2.60. The lowest BCUT2D eigenvalue weighted by molar-refractivity contribution is 0.112. The van der Waals surface area contributed by atoms with Crippen molar-refractivity contribution in [2.45, 2.75) is 43.8 Å². The van der Waals surface area contributed by atoms with Gasteiger partial charge in [-0.15, -0.1) is 0 Å². The molecule has 1 N–H and O–H groups in total. The number of nitrogens with zero attached hydrogens (tertiary/aromatic N) is 3. The largest absolute Gasteiger partial charge is 0.311 e. The van der Waals surface area contributed by atoms with Crippen LogP contribution in [0.15, 0.2) is 12.3 Å². The minimum atomic E-state index is 0.453. The second kappa shape index (κ2) is 4.67. The van der Waals surface area contributed by atoms with Crippen LogP contribution in [-0.4, -0.2) is 40.9 Å². The average molecular weight is 248 g/mol. The zero-order valence-electron chi connectivity index (χ0n) is 11.6. The van der Waals surface area contributed by atoms with Gasteiger partial charge in [-0.25, -0.2) is 0 Å². The van der Waals surface area contributed by atoms with E-state index >= 15 is 0 Å². The monoisotopic (exact) mass is 248 g/mol. The van der Waals surface area contributed by atoms with E-state index in [1.807, 2.05) is 17.9 Å². The van der Waals surface area contributed by atoms with Crippen molar-refractivity contribution in [1.82, 2.24) is 20.0 Å². The van der Waals surface area contributed by atoms with Crippen LogP contribution in [0.25, 0.3) is 0 Å². The Bertz CT molecular complexity index is 400. The zero-order chi connectivity index (χ0) is 12.7. The van der Waals surface area contributed by atoms with Crippen molar-refractivity contribution in [1.29, 1.82) is 0 Å². The van der Waals surface area contributed by atoms with Gasteiger partial charge in [-0.3, -0.25) is 4.68 Å². The quantitative estimate of drug-likeness (QED) is 0.881. The van der Waals surface area contributed by atoms with Gasteiger partial charge in [-0.05, 0) is 51.8 Å². The van der Waals surface area contributed by atoms with Gasteiger partial charge in [0.1, 0.15) is 0 Å². The molecule has 2 aliphatic heterocycles. The van der Waals surface area contributed by atoms with Crippen LogP contribution in [0.3, 0.4) is 0 Å². The first-order valence-corrected chi connectivity index (χ1v) is 7.07. The maximum Gasteiger partial charge on any atom is 0.0553 e. The third-order valence-corrected chi connectivity index (χ3v) is 5.09. The Morgan fingerprint density at radius 2 is 1.94 bits per heavy atom. The van der Waals surface area contributed by atoms with Gasteiger partial charge in [0.15, 0.2) is 0 Å². The Labute approximate surface area is 109 Å². The number of aromatic nitrogens is 2. The van der Waals surface area contributed by atoms with Gasteiger partial charge in [-0.2, -0.15) is 5.10 Å². The summed E-state index contributed by atoms with van der Waals surface area (Å²) in [5.74, 6) is 0.749. The third-order valence-electron chi connectivity index (χ3n) is 5.09. The Hall–Kier alpha value is -0.870. The van der Waals surface area contributed by atoms with Crippen molar-refractivity contribution in [3.63, 3.8) is 0 Å². The van der Waals surface area contributed by atoms with Crippen LogP contribution in [-0.2, 0) is 7.05 Å². The van der Waals surface area contributed by atoms with E-state index in [-0.39, 0.29) is 0 Å². The highest BCUT2D eigenvalue weighted by atomic mass is 15.3. The first-order valence-electron chi connectivity index (χ1n) is 7.07. The maximum absolute atomic E-state index is 4.32. The molecule has 2 aliphatic rings. The summed E-state index contributed by atoms with van der Waals surface area (Å²) < 4.78 is 2.02. The highest BCUT2D eigenvalue weighted by molar-refractivity contribution is 5.10. The standard InChI is InChI=1S/C14H24N4/c1-15-14(13-6-7-16-18(13)3)10-8-11-4-5-12(9-10)17(11)2/h6-7,10-12,14-15H,4-5,8-9H2,1-3H3. The lowest BCUT2D eigenvalue weighted by Crippen LogP contribution is -2.43. The van der Waals surface area contributed by atoms with Crippen LogP contribution in [0.2, 0.25) is 0 Å². The van der Waals surface area contributed by atoms with Gasteiger partial charge < -0.3 is 10.2 Å². The van der Waals surface area contributed by atoms with Crippen LogP contribution in [0.5, 0.6) is 0 Å². The highest BCUT2D eigenvalue weighted by Gasteiger charge is 2.41. The molecule has 4 heteroatoms. The lowest BCUT2D eigenvalue weighted by atomic mass is 9.84. The number of aryl methyl sites for hydroxylation is 1. The molecule has 0 spiro atoms. The molecular formula is C14H24N4. The molecule has 2 bridgehead atoms. The summed E-state index contributed by atoms with van der Waals surface area (Å²) in [6, 6.07) is 4.21. The number of nitrogens with one attached hydrogen (secondary N) is 1. The van der Waals surface area contributed by atoms with E-state index in [1.54, 1.807) is 0 Å². The molecule has 2 fully saturated rings. The zero-order valence-corrected chi connectivity index (χ0v) is 11.6. The van der Waals surface area contributed by atoms with E-state index in [0.29, 0.717) is 6.04 Å². The Morgan fingerprint density at radius 1 is 1.28 bits per heavy atom. The predicted octanol–water partition coefficient (Wildman–Crippen LogP) is 1.55. The minimum absolute atomic E-state index is 0.453. The highest BCUT2D eigenvalue weighted by Crippen LogP contribution is 2.42. The second-order valence-corrected chi connectivity index (χ2v) is 5.93. The summed E-state index contributed by atoms with van der Waals surface area (Å²) in [7, 11) is 6.43. The normalized spacial score (nSPS) is 33.8. The van der Waals surface area contributed by atoms with Crippen molar-refractivity contribution in [2.75, 3.05) is 14.1 Å². The van der Waals surface area contributed by atoms with Crippen LogP contribution >= 0.6 is 0 Å². The molecule has 3 atom stereocenters. The number of hydrogen-bond donors (Lipinski definition) is 1. The summed E-state index contributed by atoms with van der Waals surface area (Å²) in [6.07, 6.45) is 7.33. The molecule has 3 unspecified atom stereocenters. The van der Waals surface area contributed by atoms with E-state index in [0.717, 1.165) is 18.0 Å². The predicted molar refractivity (Wildman–Crippen MR) is 72.3 cm³/mol. The van der Waals surface area contributed by atoms with Gasteiger partial charge >= 0.3 is 0 Å². The van der Waals surface area contributed by atoms with Crippen molar-refractivity contribution in [3.8, 4) is 0 Å². The Balaban J connectivity index is 1.80. The number of hydrogen-bond acceptors (Lipinski definition) is 3. The fourth-order valence-corrected chi connectivity index (χ4v) is 4.04. The van der Waals surface area contributed by atoms with Crippen molar-refractivity contribution in [2.24, 2.45) is 13.0 Å². The average Bonchev–Trinajstić information content (AvgIpc) is 2.84. The molecule has 3 rings (SSSR count). The van der Waals surface area contributed by atoms with E-state index in [2.05, 4.69) is 35.5 Å². The van der Waals surface area contributed by atoms with Crippen molar-refractivity contribution in [3.05, 3.63) is 18.0 Å². The van der Waals surface area contributed by atoms with Gasteiger partial charge in [-0.1, -0.05) is 0 Å². The molecule has 100 valence electrons. The first kappa shape index (κ1) is 12.2. The molecule has 0 saturated carbocycles. The molecule has 0 aromatic carbocycles. The SMILES string of the molecule is CNC(c1ccnn1C)C1CC2CCC(C1)N2C. The molecule has 0 aliphatic carbocycles. The number of piperidine rings is 1. The molecule has 0 radical (unpaired) electrons. The Kier molecular flexibility index (Phi) is 3.16. The van der Waals surface area contributed by atoms with Gasteiger partial charge in [0, 0.05) is 25.3 Å². The topological polar surface area (TPSA) is 33.1 Å². The van der Waals surface area contributed by atoms with Crippen LogP contribution in [0.1, 0.15) is 37.4 Å². The summed E-state index contributed by atoms with van der Waals surface area (Å²) >= 11 is 0. The molecule has 4 nitrogen and oxygen atoms in total. The van der Waals surface area contributed by atoms with E-state index in [9.17, 15) is 0 Å². The summed E-state index contributed by atoms with van der Waals surface area (Å²) in [6.45, 7) is 0. The van der Waals surface area contributed by atoms with Crippen LogP contribution in [0.4, 0.5) is 0 Å². The minimum Gasteiger partial charge on any atom is -0.311 e. The van der Waals surface area contributed by atoms with Crippen LogP contribution in [0, 0.1) is 5.92 Å². The second-order valence-electron chi connectivity index (χ2n) is 5.93. The Morgan fingerprint density at radius 3 is 2.44 bits per heavy atom.